The summed E-state index contributed by atoms with van der Waals surface area (Å²) in [7, 11) is 0. The van der Waals surface area contributed by atoms with E-state index in [4.69, 9.17) is 4.52 Å². The van der Waals surface area contributed by atoms with Gasteiger partial charge >= 0.3 is 0 Å². The lowest BCUT2D eigenvalue weighted by molar-refractivity contribution is -0.122. The van der Waals surface area contributed by atoms with Crippen molar-refractivity contribution in [3.05, 3.63) is 35.6 Å². The SMILES string of the molecule is CCCCC(C(=O)Nc1cc(C)on1)N1CCc2cncnc2C1. The summed E-state index contributed by atoms with van der Waals surface area (Å²) in [6.45, 7) is 5.45. The molecule has 0 fully saturated rings. The lowest BCUT2D eigenvalue weighted by atomic mass is 10.0. The summed E-state index contributed by atoms with van der Waals surface area (Å²) in [4.78, 5) is 23.4. The molecule has 2 aromatic heterocycles. The normalized spacial score (nSPS) is 15.8. The van der Waals surface area contributed by atoms with Crippen LogP contribution in [0.15, 0.2) is 23.1 Å². The number of hydrogen-bond donors (Lipinski definition) is 1. The standard InChI is InChI=1S/C17H23N5O2/c1-3-4-5-15(17(23)20-16-8-12(2)24-21-16)22-7-6-13-9-18-11-19-14(13)10-22/h8-9,11,15H,3-7,10H2,1-2H3,(H,20,21,23). The Kier molecular flexibility index (Phi) is 5.20. The number of fused-ring (bicyclic) bond motifs is 1. The Morgan fingerprint density at radius 3 is 3.12 bits per heavy atom. The Balaban J connectivity index is 1.72. The van der Waals surface area contributed by atoms with Crippen LogP contribution in [-0.2, 0) is 17.8 Å². The number of nitrogens with one attached hydrogen (secondary N) is 1. The van der Waals surface area contributed by atoms with Crippen molar-refractivity contribution >= 4 is 11.7 Å². The number of aryl methyl sites for hydroxylation is 1. The van der Waals surface area contributed by atoms with Gasteiger partial charge < -0.3 is 9.84 Å². The van der Waals surface area contributed by atoms with Crippen molar-refractivity contribution in [2.75, 3.05) is 11.9 Å². The molecule has 0 bridgehead atoms. The molecule has 1 unspecified atom stereocenters. The van der Waals surface area contributed by atoms with Gasteiger partial charge in [0, 0.05) is 25.4 Å². The number of carbonyl (C=O) groups is 1. The van der Waals surface area contributed by atoms with Gasteiger partial charge in [-0.2, -0.15) is 0 Å². The fraction of sp³-hybridized carbons (Fsp3) is 0.529. The van der Waals surface area contributed by atoms with Gasteiger partial charge in [-0.05, 0) is 25.3 Å². The van der Waals surface area contributed by atoms with Gasteiger partial charge in [0.05, 0.1) is 11.7 Å². The molecule has 0 aromatic carbocycles. The van der Waals surface area contributed by atoms with E-state index in [0.29, 0.717) is 18.1 Å². The van der Waals surface area contributed by atoms with E-state index in [1.165, 1.54) is 5.56 Å². The second-order valence-electron chi connectivity index (χ2n) is 6.19. The molecule has 7 heteroatoms. The highest BCUT2D eigenvalue weighted by Crippen LogP contribution is 2.21. The van der Waals surface area contributed by atoms with E-state index in [-0.39, 0.29) is 11.9 Å². The average molecular weight is 329 g/mol. The first kappa shape index (κ1) is 16.6. The van der Waals surface area contributed by atoms with Gasteiger partial charge in [-0.15, -0.1) is 0 Å². The number of anilines is 1. The fourth-order valence-electron chi connectivity index (χ4n) is 3.05. The molecule has 3 rings (SSSR count). The molecule has 128 valence electrons. The highest BCUT2D eigenvalue weighted by atomic mass is 16.5. The smallest absolute Gasteiger partial charge is 0.242 e. The molecule has 2 aromatic rings. The Labute approximate surface area is 141 Å². The molecule has 1 atom stereocenters. The molecule has 0 radical (unpaired) electrons. The Morgan fingerprint density at radius 1 is 1.50 bits per heavy atom. The molecule has 1 aliphatic rings. The van der Waals surface area contributed by atoms with Crippen molar-refractivity contribution in [2.24, 2.45) is 0 Å². The van der Waals surface area contributed by atoms with Crippen LogP contribution in [0, 0.1) is 6.92 Å². The van der Waals surface area contributed by atoms with Crippen LogP contribution in [0.1, 0.15) is 43.2 Å². The second kappa shape index (κ2) is 7.53. The quantitative estimate of drug-likeness (QED) is 0.875. The third kappa shape index (κ3) is 3.79. The molecule has 1 N–H and O–H groups in total. The number of hydrogen-bond acceptors (Lipinski definition) is 6. The Bertz CT molecular complexity index is 700. The number of rotatable bonds is 6. The third-order valence-electron chi connectivity index (χ3n) is 4.36. The minimum Gasteiger partial charge on any atom is -0.360 e. The molecule has 0 saturated carbocycles. The molecule has 0 saturated heterocycles. The third-order valence-corrected chi connectivity index (χ3v) is 4.36. The van der Waals surface area contributed by atoms with Crippen molar-refractivity contribution < 1.29 is 9.32 Å². The number of carbonyl (C=O) groups excluding carboxylic acids is 1. The van der Waals surface area contributed by atoms with Gasteiger partial charge in [-0.25, -0.2) is 9.97 Å². The van der Waals surface area contributed by atoms with E-state index in [1.807, 2.05) is 6.20 Å². The Morgan fingerprint density at radius 2 is 2.38 bits per heavy atom. The first-order chi connectivity index (χ1) is 11.7. The summed E-state index contributed by atoms with van der Waals surface area (Å²) in [5.74, 6) is 1.12. The van der Waals surface area contributed by atoms with E-state index >= 15 is 0 Å². The largest absolute Gasteiger partial charge is 0.360 e. The van der Waals surface area contributed by atoms with E-state index in [1.54, 1.807) is 19.3 Å². The van der Waals surface area contributed by atoms with Crippen LogP contribution in [-0.4, -0.2) is 38.5 Å². The minimum atomic E-state index is -0.190. The Hall–Kier alpha value is -2.28. The van der Waals surface area contributed by atoms with Crippen molar-refractivity contribution in [1.29, 1.82) is 0 Å². The predicted molar refractivity (Wildman–Crippen MR) is 89.3 cm³/mol. The van der Waals surface area contributed by atoms with Gasteiger partial charge in [0.15, 0.2) is 5.82 Å². The van der Waals surface area contributed by atoms with Gasteiger partial charge in [0.2, 0.25) is 5.91 Å². The highest BCUT2D eigenvalue weighted by molar-refractivity contribution is 5.94. The molecule has 0 spiro atoms. The van der Waals surface area contributed by atoms with Crippen LogP contribution in [0.5, 0.6) is 0 Å². The topological polar surface area (TPSA) is 84.2 Å². The summed E-state index contributed by atoms with van der Waals surface area (Å²) in [6.07, 6.45) is 7.19. The van der Waals surface area contributed by atoms with Gasteiger partial charge in [0.25, 0.3) is 0 Å². The highest BCUT2D eigenvalue weighted by Gasteiger charge is 2.29. The zero-order valence-electron chi connectivity index (χ0n) is 14.2. The molecule has 1 aliphatic heterocycles. The van der Waals surface area contributed by atoms with Crippen LogP contribution >= 0.6 is 0 Å². The van der Waals surface area contributed by atoms with Gasteiger partial charge in [-0.3, -0.25) is 9.69 Å². The maximum absolute atomic E-state index is 12.8. The monoisotopic (exact) mass is 329 g/mol. The van der Waals surface area contributed by atoms with Crippen LogP contribution in [0.3, 0.4) is 0 Å². The molecular formula is C17H23N5O2. The molecule has 3 heterocycles. The zero-order valence-corrected chi connectivity index (χ0v) is 14.2. The minimum absolute atomic E-state index is 0.0331. The summed E-state index contributed by atoms with van der Waals surface area (Å²) in [5, 5.41) is 6.73. The molecule has 0 aliphatic carbocycles. The number of aromatic nitrogens is 3. The number of unbranched alkanes of at least 4 members (excludes halogenated alkanes) is 1. The molecule has 7 nitrogen and oxygen atoms in total. The molecular weight excluding hydrogens is 306 g/mol. The zero-order chi connectivity index (χ0) is 16.9. The van der Waals surface area contributed by atoms with E-state index < -0.39 is 0 Å². The van der Waals surface area contributed by atoms with Crippen molar-refractivity contribution in [3.63, 3.8) is 0 Å². The van der Waals surface area contributed by atoms with Crippen molar-refractivity contribution in [2.45, 2.75) is 52.1 Å². The van der Waals surface area contributed by atoms with E-state index in [0.717, 1.165) is 37.9 Å². The second-order valence-corrected chi connectivity index (χ2v) is 6.19. The lowest BCUT2D eigenvalue weighted by Crippen LogP contribution is -2.46. The maximum atomic E-state index is 12.8. The average Bonchev–Trinajstić information content (AvgIpc) is 3.00. The number of nitrogens with zero attached hydrogens (tertiary/aromatic N) is 4. The number of amides is 1. The first-order valence-electron chi connectivity index (χ1n) is 8.43. The summed E-state index contributed by atoms with van der Waals surface area (Å²) < 4.78 is 5.02. The fourth-order valence-corrected chi connectivity index (χ4v) is 3.05. The van der Waals surface area contributed by atoms with Crippen LogP contribution in [0.25, 0.3) is 0 Å². The summed E-state index contributed by atoms with van der Waals surface area (Å²) in [5.41, 5.74) is 2.19. The van der Waals surface area contributed by atoms with Crippen LogP contribution in [0.2, 0.25) is 0 Å². The van der Waals surface area contributed by atoms with Gasteiger partial charge in [-0.1, -0.05) is 24.9 Å². The lowest BCUT2D eigenvalue weighted by Gasteiger charge is -2.33. The van der Waals surface area contributed by atoms with Gasteiger partial charge in [0.1, 0.15) is 12.1 Å². The molecule has 24 heavy (non-hydrogen) atoms. The summed E-state index contributed by atoms with van der Waals surface area (Å²) >= 11 is 0. The van der Waals surface area contributed by atoms with Crippen LogP contribution < -0.4 is 5.32 Å². The van der Waals surface area contributed by atoms with Crippen molar-refractivity contribution in [3.8, 4) is 0 Å². The maximum Gasteiger partial charge on any atom is 0.242 e. The van der Waals surface area contributed by atoms with Crippen LogP contribution in [0.4, 0.5) is 5.82 Å². The van der Waals surface area contributed by atoms with E-state index in [9.17, 15) is 4.79 Å². The summed E-state index contributed by atoms with van der Waals surface area (Å²) in [6, 6.07) is 1.54. The van der Waals surface area contributed by atoms with Crippen molar-refractivity contribution in [1.82, 2.24) is 20.0 Å². The molecule has 1 amide bonds. The first-order valence-corrected chi connectivity index (χ1v) is 8.43. The predicted octanol–water partition coefficient (Wildman–Crippen LogP) is 2.33. The van der Waals surface area contributed by atoms with E-state index in [2.05, 4.69) is 32.3 Å².